The number of aromatic nitrogens is 3. The Morgan fingerprint density at radius 1 is 1.54 bits per heavy atom. The van der Waals surface area contributed by atoms with E-state index in [4.69, 9.17) is 17.3 Å². The summed E-state index contributed by atoms with van der Waals surface area (Å²) in [5, 5.41) is 0.528. The monoisotopic (exact) mass is 196 g/mol. The van der Waals surface area contributed by atoms with Crippen molar-refractivity contribution in [3.8, 4) is 11.3 Å². The molecule has 2 aromatic heterocycles. The van der Waals surface area contributed by atoms with Crippen LogP contribution >= 0.6 is 11.6 Å². The summed E-state index contributed by atoms with van der Waals surface area (Å²) < 4.78 is 0. The molecule has 0 saturated heterocycles. The topological polar surface area (TPSA) is 70.5 Å². The molecule has 4 N–H and O–H groups in total. The fourth-order valence-electron chi connectivity index (χ4n) is 1.16. The van der Waals surface area contributed by atoms with Gasteiger partial charge in [-0.15, -0.1) is 0 Å². The molecular formula is C8H9ClN4. The molecule has 5 heteroatoms. The molecule has 0 aliphatic heterocycles. The Morgan fingerprint density at radius 2 is 2.38 bits per heavy atom. The lowest BCUT2D eigenvalue weighted by Gasteiger charge is -1.88. The summed E-state index contributed by atoms with van der Waals surface area (Å²) in [6.07, 6.45) is 3.66. The van der Waals surface area contributed by atoms with Gasteiger partial charge in [0.1, 0.15) is 16.7 Å². The van der Waals surface area contributed by atoms with Crippen molar-refractivity contribution in [1.82, 2.24) is 15.0 Å². The van der Waals surface area contributed by atoms with Crippen LogP contribution in [0.15, 0.2) is 18.5 Å². The van der Waals surface area contributed by atoms with Crippen LogP contribution in [-0.2, 0) is 6.54 Å². The molecule has 68 valence electrons. The number of hydrogen-bond acceptors (Lipinski definition) is 2. The highest BCUT2D eigenvalue weighted by atomic mass is 35.5. The third kappa shape index (κ3) is 1.46. The minimum absolute atomic E-state index is 0.365. The van der Waals surface area contributed by atoms with Crippen molar-refractivity contribution in [2.75, 3.05) is 0 Å². The smallest absolute Gasteiger partial charge is 0.134 e. The number of imidazole rings is 1. The van der Waals surface area contributed by atoms with Crippen LogP contribution in [0.1, 0.15) is 5.82 Å². The molecule has 4 nitrogen and oxygen atoms in total. The quantitative estimate of drug-likeness (QED) is 0.682. The van der Waals surface area contributed by atoms with Crippen LogP contribution in [-0.4, -0.2) is 15.0 Å². The Labute approximate surface area is 80.1 Å². The van der Waals surface area contributed by atoms with Gasteiger partial charge in [0.15, 0.2) is 0 Å². The molecule has 0 unspecified atom stereocenters. The number of aromatic amines is 2. The molecule has 0 radical (unpaired) electrons. The van der Waals surface area contributed by atoms with Gasteiger partial charge >= 0.3 is 0 Å². The van der Waals surface area contributed by atoms with Crippen LogP contribution < -0.4 is 5.73 Å². The largest absolute Gasteiger partial charge is 0.367 e. The first-order valence-corrected chi connectivity index (χ1v) is 4.26. The normalized spacial score (nSPS) is 10.6. The lowest BCUT2D eigenvalue weighted by Crippen LogP contribution is -1.97. The summed E-state index contributed by atoms with van der Waals surface area (Å²) in [6, 6.07) is 1.91. The average molecular weight is 197 g/mol. The maximum Gasteiger partial charge on any atom is 0.134 e. The lowest BCUT2D eigenvalue weighted by molar-refractivity contribution is 0.951. The van der Waals surface area contributed by atoms with Crippen molar-refractivity contribution in [3.63, 3.8) is 0 Å². The number of nitrogens with two attached hydrogens (primary N) is 1. The number of rotatable bonds is 2. The summed E-state index contributed by atoms with van der Waals surface area (Å²) in [6.45, 7) is 0.365. The zero-order valence-electron chi connectivity index (χ0n) is 6.84. The third-order valence-electron chi connectivity index (χ3n) is 1.77. The summed E-state index contributed by atoms with van der Waals surface area (Å²) in [5.41, 5.74) is 7.12. The maximum atomic E-state index is 5.93. The van der Waals surface area contributed by atoms with Gasteiger partial charge in [-0.25, -0.2) is 4.98 Å². The van der Waals surface area contributed by atoms with Gasteiger partial charge in [-0.2, -0.15) is 0 Å². The van der Waals surface area contributed by atoms with Gasteiger partial charge in [-0.3, -0.25) is 0 Å². The summed E-state index contributed by atoms with van der Waals surface area (Å²) in [7, 11) is 0. The summed E-state index contributed by atoms with van der Waals surface area (Å²) in [4.78, 5) is 10.1. The molecule has 0 aliphatic carbocycles. The zero-order valence-corrected chi connectivity index (χ0v) is 7.60. The molecule has 0 spiro atoms. The van der Waals surface area contributed by atoms with Gasteiger partial charge in [-0.05, 0) is 6.07 Å². The van der Waals surface area contributed by atoms with E-state index in [2.05, 4.69) is 15.0 Å². The Balaban J connectivity index is 2.46. The average Bonchev–Trinajstić information content (AvgIpc) is 2.72. The predicted octanol–water partition coefficient (Wildman–Crippen LogP) is 1.52. The highest BCUT2D eigenvalue weighted by Crippen LogP contribution is 2.24. The first-order valence-electron chi connectivity index (χ1n) is 3.89. The minimum Gasteiger partial charge on any atom is -0.367 e. The first kappa shape index (κ1) is 8.34. The molecule has 0 atom stereocenters. The third-order valence-corrected chi connectivity index (χ3v) is 2.05. The highest BCUT2D eigenvalue weighted by molar-refractivity contribution is 6.31. The SMILES string of the molecule is NCc1nc(-c2cc[nH]c2)c(Cl)[nH]1. The zero-order chi connectivity index (χ0) is 9.26. The van der Waals surface area contributed by atoms with E-state index in [0.29, 0.717) is 17.5 Å². The number of halogens is 1. The number of hydrogen-bond donors (Lipinski definition) is 3. The second kappa shape index (κ2) is 3.24. The Kier molecular flexibility index (Phi) is 2.08. The molecule has 0 aliphatic rings. The van der Waals surface area contributed by atoms with Gasteiger partial charge in [0, 0.05) is 18.0 Å². The Bertz CT molecular complexity index is 390. The lowest BCUT2D eigenvalue weighted by atomic mass is 10.3. The first-order chi connectivity index (χ1) is 6.31. The summed E-state index contributed by atoms with van der Waals surface area (Å²) >= 11 is 5.93. The maximum absolute atomic E-state index is 5.93. The number of H-pyrrole nitrogens is 2. The van der Waals surface area contributed by atoms with Gasteiger partial charge in [0.05, 0.1) is 6.54 Å². The Hall–Kier alpha value is -1.26. The van der Waals surface area contributed by atoms with Gasteiger partial charge in [0.25, 0.3) is 0 Å². The fraction of sp³-hybridized carbons (Fsp3) is 0.125. The molecule has 0 saturated carbocycles. The number of nitrogens with one attached hydrogen (secondary N) is 2. The molecule has 2 rings (SSSR count). The van der Waals surface area contributed by atoms with E-state index in [1.165, 1.54) is 0 Å². The van der Waals surface area contributed by atoms with E-state index in [9.17, 15) is 0 Å². The van der Waals surface area contributed by atoms with Crippen molar-refractivity contribution in [1.29, 1.82) is 0 Å². The molecular weight excluding hydrogens is 188 g/mol. The van der Waals surface area contributed by atoms with E-state index < -0.39 is 0 Å². The highest BCUT2D eigenvalue weighted by Gasteiger charge is 2.09. The van der Waals surface area contributed by atoms with Crippen LogP contribution in [0.3, 0.4) is 0 Å². The Morgan fingerprint density at radius 3 is 2.92 bits per heavy atom. The van der Waals surface area contributed by atoms with E-state index >= 15 is 0 Å². The van der Waals surface area contributed by atoms with Crippen LogP contribution in [0.25, 0.3) is 11.3 Å². The van der Waals surface area contributed by atoms with E-state index in [1.807, 2.05) is 18.5 Å². The van der Waals surface area contributed by atoms with E-state index in [0.717, 1.165) is 11.3 Å². The van der Waals surface area contributed by atoms with Crippen molar-refractivity contribution in [2.45, 2.75) is 6.54 Å². The fourth-order valence-corrected chi connectivity index (χ4v) is 1.42. The second-order valence-electron chi connectivity index (χ2n) is 2.65. The standard InChI is InChI=1S/C8H9ClN4/c9-8-7(5-1-2-11-4-5)12-6(3-10)13-8/h1-2,4,11H,3,10H2,(H,12,13). The molecule has 0 amide bonds. The second-order valence-corrected chi connectivity index (χ2v) is 3.03. The molecule has 0 aromatic carbocycles. The molecule has 2 heterocycles. The number of nitrogens with zero attached hydrogens (tertiary/aromatic N) is 1. The van der Waals surface area contributed by atoms with Crippen molar-refractivity contribution < 1.29 is 0 Å². The molecule has 2 aromatic rings. The van der Waals surface area contributed by atoms with Gasteiger partial charge in [-0.1, -0.05) is 11.6 Å². The van der Waals surface area contributed by atoms with Crippen LogP contribution in [0.5, 0.6) is 0 Å². The molecule has 0 fully saturated rings. The van der Waals surface area contributed by atoms with Crippen molar-refractivity contribution in [3.05, 3.63) is 29.4 Å². The van der Waals surface area contributed by atoms with Crippen LogP contribution in [0.2, 0.25) is 5.15 Å². The van der Waals surface area contributed by atoms with Crippen molar-refractivity contribution >= 4 is 11.6 Å². The molecule has 13 heavy (non-hydrogen) atoms. The van der Waals surface area contributed by atoms with Gasteiger partial charge < -0.3 is 15.7 Å². The van der Waals surface area contributed by atoms with Crippen molar-refractivity contribution in [2.24, 2.45) is 5.73 Å². The predicted molar refractivity (Wildman–Crippen MR) is 51.3 cm³/mol. The van der Waals surface area contributed by atoms with Gasteiger partial charge in [0.2, 0.25) is 0 Å². The molecule has 0 bridgehead atoms. The van der Waals surface area contributed by atoms with Crippen LogP contribution in [0.4, 0.5) is 0 Å². The van der Waals surface area contributed by atoms with E-state index in [-0.39, 0.29) is 0 Å². The van der Waals surface area contributed by atoms with E-state index in [1.54, 1.807) is 0 Å². The minimum atomic E-state index is 0.365. The van der Waals surface area contributed by atoms with Crippen LogP contribution in [0, 0.1) is 0 Å². The summed E-state index contributed by atoms with van der Waals surface area (Å²) in [5.74, 6) is 0.696.